The van der Waals surface area contributed by atoms with E-state index in [1.807, 2.05) is 13.0 Å². The van der Waals surface area contributed by atoms with Crippen LogP contribution in [-0.2, 0) is 17.8 Å². The van der Waals surface area contributed by atoms with Crippen LogP contribution < -0.4 is 11.1 Å². The van der Waals surface area contributed by atoms with Crippen molar-refractivity contribution >= 4 is 35.0 Å². The molecule has 0 saturated heterocycles. The molecule has 2 heterocycles. The van der Waals surface area contributed by atoms with E-state index >= 15 is 0 Å². The van der Waals surface area contributed by atoms with Gasteiger partial charge in [-0.2, -0.15) is 0 Å². The average molecular weight is 353 g/mol. The summed E-state index contributed by atoms with van der Waals surface area (Å²) in [7, 11) is 0. The maximum atomic E-state index is 11.3. The lowest BCUT2D eigenvalue weighted by atomic mass is 10.3. The number of primary amides is 1. The monoisotopic (exact) mass is 353 g/mol. The van der Waals surface area contributed by atoms with Crippen molar-refractivity contribution in [3.63, 3.8) is 0 Å². The van der Waals surface area contributed by atoms with E-state index in [-0.39, 0.29) is 12.3 Å². The molecular weight excluding hydrogens is 334 g/mol. The van der Waals surface area contributed by atoms with E-state index in [2.05, 4.69) is 31.5 Å². The van der Waals surface area contributed by atoms with Crippen LogP contribution in [0.15, 0.2) is 22.7 Å². The van der Waals surface area contributed by atoms with Crippen molar-refractivity contribution in [1.82, 2.24) is 20.1 Å². The first-order chi connectivity index (χ1) is 11.1. The SMILES string of the molecule is Cc1nnc(SCCCC(=O)NC(N)=O)n1CCc1cccs1. The molecule has 0 aromatic carbocycles. The van der Waals surface area contributed by atoms with Crippen LogP contribution in [0.5, 0.6) is 0 Å². The standard InChI is InChI=1S/C14H19N5O2S2/c1-10-17-18-14(19(10)7-6-11-4-2-8-22-11)23-9-3-5-12(20)16-13(15)21/h2,4,8H,3,5-7,9H2,1H3,(H3,15,16,20,21). The zero-order valence-corrected chi connectivity index (χ0v) is 14.5. The van der Waals surface area contributed by atoms with Gasteiger partial charge in [0.1, 0.15) is 5.82 Å². The van der Waals surface area contributed by atoms with E-state index in [9.17, 15) is 9.59 Å². The summed E-state index contributed by atoms with van der Waals surface area (Å²) >= 11 is 3.31. The summed E-state index contributed by atoms with van der Waals surface area (Å²) in [6, 6.07) is 3.35. The predicted molar refractivity (Wildman–Crippen MR) is 90.5 cm³/mol. The van der Waals surface area contributed by atoms with Gasteiger partial charge in [-0.3, -0.25) is 10.1 Å². The van der Waals surface area contributed by atoms with Crippen molar-refractivity contribution in [2.45, 2.75) is 37.9 Å². The van der Waals surface area contributed by atoms with E-state index < -0.39 is 6.03 Å². The average Bonchev–Trinajstić information content (AvgIpc) is 3.11. The molecule has 0 atom stereocenters. The van der Waals surface area contributed by atoms with Gasteiger partial charge in [0.25, 0.3) is 0 Å². The largest absolute Gasteiger partial charge is 0.351 e. The first-order valence-electron chi connectivity index (χ1n) is 7.20. The lowest BCUT2D eigenvalue weighted by molar-refractivity contribution is -0.119. The minimum Gasteiger partial charge on any atom is -0.351 e. The first-order valence-corrected chi connectivity index (χ1v) is 9.07. The van der Waals surface area contributed by atoms with Gasteiger partial charge in [0, 0.05) is 23.6 Å². The maximum absolute atomic E-state index is 11.3. The molecule has 2 aromatic rings. The Morgan fingerprint density at radius 2 is 2.26 bits per heavy atom. The molecule has 23 heavy (non-hydrogen) atoms. The van der Waals surface area contributed by atoms with Crippen molar-refractivity contribution in [2.75, 3.05) is 5.75 Å². The number of urea groups is 1. The smallest absolute Gasteiger partial charge is 0.318 e. The summed E-state index contributed by atoms with van der Waals surface area (Å²) in [6.45, 7) is 2.77. The van der Waals surface area contributed by atoms with Crippen LogP contribution in [-0.4, -0.2) is 32.5 Å². The fourth-order valence-corrected chi connectivity index (χ4v) is 3.65. The van der Waals surface area contributed by atoms with Crippen molar-refractivity contribution in [3.05, 3.63) is 28.2 Å². The van der Waals surface area contributed by atoms with E-state index in [0.717, 1.165) is 29.7 Å². The molecule has 7 nitrogen and oxygen atoms in total. The molecule has 9 heteroatoms. The molecule has 0 aliphatic rings. The number of thioether (sulfide) groups is 1. The fraction of sp³-hybridized carbons (Fsp3) is 0.429. The number of nitrogens with one attached hydrogen (secondary N) is 1. The van der Waals surface area contributed by atoms with Crippen LogP contribution in [0.4, 0.5) is 4.79 Å². The molecule has 0 radical (unpaired) electrons. The van der Waals surface area contributed by atoms with Crippen LogP contribution in [0.25, 0.3) is 0 Å². The summed E-state index contributed by atoms with van der Waals surface area (Å²) < 4.78 is 2.09. The van der Waals surface area contributed by atoms with Crippen molar-refractivity contribution in [3.8, 4) is 0 Å². The lowest BCUT2D eigenvalue weighted by Crippen LogP contribution is -2.34. The number of nitrogens with zero attached hydrogens (tertiary/aromatic N) is 3. The third kappa shape index (κ3) is 5.68. The van der Waals surface area contributed by atoms with Crippen LogP contribution >= 0.6 is 23.1 Å². The number of aromatic nitrogens is 3. The second-order valence-corrected chi connectivity index (χ2v) is 6.97. The number of thiophene rings is 1. The molecule has 0 unspecified atom stereocenters. The Kier molecular flexibility index (Phi) is 6.60. The Morgan fingerprint density at radius 1 is 1.43 bits per heavy atom. The van der Waals surface area contributed by atoms with E-state index in [0.29, 0.717) is 6.42 Å². The highest BCUT2D eigenvalue weighted by Crippen LogP contribution is 2.19. The molecular formula is C14H19N5O2S2. The number of imide groups is 1. The number of carbonyl (C=O) groups excluding carboxylic acids is 2. The molecule has 0 fully saturated rings. The Hall–Kier alpha value is -1.87. The quantitative estimate of drug-likeness (QED) is 0.558. The van der Waals surface area contributed by atoms with Gasteiger partial charge in [0.05, 0.1) is 0 Å². The maximum Gasteiger partial charge on any atom is 0.318 e. The predicted octanol–water partition coefficient (Wildman–Crippen LogP) is 1.96. The Balaban J connectivity index is 1.79. The summed E-state index contributed by atoms with van der Waals surface area (Å²) in [5, 5.41) is 13.3. The molecule has 124 valence electrons. The van der Waals surface area contributed by atoms with Gasteiger partial charge in [-0.15, -0.1) is 21.5 Å². The normalized spacial score (nSPS) is 10.7. The van der Waals surface area contributed by atoms with Crippen molar-refractivity contribution < 1.29 is 9.59 Å². The second kappa shape index (κ2) is 8.68. The van der Waals surface area contributed by atoms with Gasteiger partial charge in [-0.25, -0.2) is 4.79 Å². The zero-order chi connectivity index (χ0) is 16.7. The van der Waals surface area contributed by atoms with Crippen molar-refractivity contribution in [1.29, 1.82) is 0 Å². The molecule has 0 bridgehead atoms. The van der Waals surface area contributed by atoms with E-state index in [1.54, 1.807) is 23.1 Å². The van der Waals surface area contributed by atoms with Gasteiger partial charge in [0.2, 0.25) is 5.91 Å². The molecule has 3 amide bonds. The minimum atomic E-state index is -0.813. The van der Waals surface area contributed by atoms with Gasteiger partial charge in [-0.1, -0.05) is 17.8 Å². The molecule has 2 aromatic heterocycles. The minimum absolute atomic E-state index is 0.262. The lowest BCUT2D eigenvalue weighted by Gasteiger charge is -2.07. The van der Waals surface area contributed by atoms with Gasteiger partial charge in [-0.05, 0) is 31.2 Å². The number of carbonyl (C=O) groups is 2. The Morgan fingerprint density at radius 3 is 2.96 bits per heavy atom. The summed E-state index contributed by atoms with van der Waals surface area (Å²) in [6.07, 6.45) is 1.85. The highest BCUT2D eigenvalue weighted by molar-refractivity contribution is 7.99. The second-order valence-electron chi connectivity index (χ2n) is 4.88. The molecule has 0 aliphatic heterocycles. The molecule has 0 saturated carbocycles. The zero-order valence-electron chi connectivity index (χ0n) is 12.8. The van der Waals surface area contributed by atoms with Crippen molar-refractivity contribution in [2.24, 2.45) is 5.73 Å². The third-order valence-electron chi connectivity index (χ3n) is 3.11. The summed E-state index contributed by atoms with van der Waals surface area (Å²) in [4.78, 5) is 23.2. The first kappa shape index (κ1) is 17.5. The van der Waals surface area contributed by atoms with Crippen LogP contribution in [0.3, 0.4) is 0 Å². The van der Waals surface area contributed by atoms with Gasteiger partial charge >= 0.3 is 6.03 Å². The molecule has 0 spiro atoms. The van der Waals surface area contributed by atoms with E-state index in [4.69, 9.17) is 5.73 Å². The molecule has 3 N–H and O–H groups in total. The van der Waals surface area contributed by atoms with Gasteiger partial charge in [0.15, 0.2) is 5.16 Å². The van der Waals surface area contributed by atoms with Crippen LogP contribution in [0.2, 0.25) is 0 Å². The summed E-state index contributed by atoms with van der Waals surface area (Å²) in [5.41, 5.74) is 4.89. The topological polar surface area (TPSA) is 103 Å². The molecule has 0 aliphatic carbocycles. The number of hydrogen-bond acceptors (Lipinski definition) is 6. The Labute approximate surface area is 142 Å². The summed E-state index contributed by atoms with van der Waals surface area (Å²) in [5.74, 6) is 1.26. The number of hydrogen-bond donors (Lipinski definition) is 2. The van der Waals surface area contributed by atoms with Gasteiger partial charge < -0.3 is 10.3 Å². The number of rotatable bonds is 8. The van der Waals surface area contributed by atoms with E-state index in [1.165, 1.54) is 4.88 Å². The molecule has 2 rings (SSSR count). The van der Waals surface area contributed by atoms with Crippen LogP contribution in [0.1, 0.15) is 23.5 Å². The number of nitrogens with two attached hydrogens (primary N) is 1. The van der Waals surface area contributed by atoms with Crippen LogP contribution in [0, 0.1) is 6.92 Å². The highest BCUT2D eigenvalue weighted by atomic mass is 32.2. The fourth-order valence-electron chi connectivity index (χ4n) is 2.00. The highest BCUT2D eigenvalue weighted by Gasteiger charge is 2.10. The Bertz CT molecular complexity index is 654. The number of amides is 3. The third-order valence-corrected chi connectivity index (χ3v) is 5.09. The number of aryl methyl sites for hydroxylation is 2.